The van der Waals surface area contributed by atoms with Crippen LogP contribution in [0.3, 0.4) is 0 Å². The van der Waals surface area contributed by atoms with E-state index < -0.39 is 24.3 Å². The predicted molar refractivity (Wildman–Crippen MR) is 232 cm³/mol. The van der Waals surface area contributed by atoms with Crippen LogP contribution in [0.15, 0.2) is 79.0 Å². The maximum Gasteiger partial charge on any atom is 0.407 e. The number of benzene rings is 4. The van der Waals surface area contributed by atoms with Crippen molar-refractivity contribution in [3.05, 3.63) is 102 Å². The summed E-state index contributed by atoms with van der Waals surface area (Å²) in [5.41, 5.74) is 7.22. The maximum atomic E-state index is 14.1. The molecule has 3 aliphatic rings. The summed E-state index contributed by atoms with van der Waals surface area (Å²) in [5.74, 6) is 1.66. The highest BCUT2D eigenvalue weighted by Crippen LogP contribution is 2.44. The fourth-order valence-corrected chi connectivity index (χ4v) is 9.36. The molecule has 0 bridgehead atoms. The lowest BCUT2D eigenvalue weighted by Crippen LogP contribution is -2.52. The molecule has 0 aliphatic carbocycles. The van der Waals surface area contributed by atoms with Gasteiger partial charge in [0, 0.05) is 23.5 Å². The summed E-state index contributed by atoms with van der Waals surface area (Å²) in [5, 5.41) is 7.44. The Balaban J connectivity index is 0.964. The minimum atomic E-state index is -0.903. The number of nitrogens with zero attached hydrogens (tertiary/aromatic N) is 4. The normalized spacial score (nSPS) is 19.2. The molecule has 0 radical (unpaired) electrons. The summed E-state index contributed by atoms with van der Waals surface area (Å²) in [6, 6.07) is 21.6. The van der Waals surface area contributed by atoms with Gasteiger partial charge in [-0.3, -0.25) is 9.59 Å². The van der Waals surface area contributed by atoms with Gasteiger partial charge in [-0.15, -0.1) is 0 Å². The number of carbonyl (C=O) groups excluding carboxylic acids is 4. The quantitative estimate of drug-likeness (QED) is 0.113. The number of imidazole rings is 2. The summed E-state index contributed by atoms with van der Waals surface area (Å²) in [4.78, 5) is 72.9. The monoisotopic (exact) mass is 838 g/mol. The van der Waals surface area contributed by atoms with Crippen molar-refractivity contribution < 1.29 is 33.4 Å². The van der Waals surface area contributed by atoms with Gasteiger partial charge in [0.25, 0.3) is 5.91 Å². The smallest absolute Gasteiger partial charge is 0.407 e. The van der Waals surface area contributed by atoms with Crippen LogP contribution in [0.2, 0.25) is 0 Å². The molecule has 1 unspecified atom stereocenters. The number of aromatic amines is 2. The number of aromatic nitrogens is 4. The van der Waals surface area contributed by atoms with Crippen LogP contribution in [0.5, 0.6) is 5.75 Å². The van der Waals surface area contributed by atoms with Gasteiger partial charge in [0.05, 0.1) is 49.2 Å². The first-order chi connectivity index (χ1) is 30.0. The Morgan fingerprint density at radius 2 is 1.63 bits per heavy atom. The van der Waals surface area contributed by atoms with E-state index in [1.807, 2.05) is 68.3 Å². The SMILES string of the molecule is COC(=O)NC(C(=O)N1[C@@H](C)CC[C@H]1c1ncc(-c2ccc3c(c2)COc2cc4c(ccc5nc([C@@H]6CCCN6C(=O)[C@H](NC(=O)OC)c6ccccc6)[nH]c54)cc2-3)[nH]1)C(C)C. The Hall–Kier alpha value is -6.90. The number of hydrogen-bond acceptors (Lipinski definition) is 9. The van der Waals surface area contributed by atoms with Gasteiger partial charge in [-0.2, -0.15) is 0 Å². The zero-order chi connectivity index (χ0) is 43.2. The van der Waals surface area contributed by atoms with Gasteiger partial charge < -0.3 is 44.6 Å². The molecule has 4 N–H and O–H groups in total. The van der Waals surface area contributed by atoms with Crippen LogP contribution in [0, 0.1) is 5.92 Å². The second-order valence-electron chi connectivity index (χ2n) is 16.7. The summed E-state index contributed by atoms with van der Waals surface area (Å²) in [6.07, 6.45) is 3.60. The van der Waals surface area contributed by atoms with Crippen LogP contribution in [0.4, 0.5) is 9.59 Å². The Morgan fingerprint density at radius 3 is 2.40 bits per heavy atom. The molecule has 4 aromatic carbocycles. The van der Waals surface area contributed by atoms with Crippen molar-refractivity contribution in [2.75, 3.05) is 20.8 Å². The van der Waals surface area contributed by atoms with Crippen molar-refractivity contribution in [3.63, 3.8) is 0 Å². The van der Waals surface area contributed by atoms with Gasteiger partial charge in [0.15, 0.2) is 0 Å². The zero-order valence-electron chi connectivity index (χ0n) is 35.4. The van der Waals surface area contributed by atoms with Crippen LogP contribution in [0.1, 0.15) is 87.4 Å². The number of ether oxygens (including phenoxy) is 3. The van der Waals surface area contributed by atoms with E-state index in [4.69, 9.17) is 24.2 Å². The van der Waals surface area contributed by atoms with Crippen molar-refractivity contribution in [1.29, 1.82) is 0 Å². The standard InChI is InChI=1S/C47H50N8O7/c1-25(2)39(52-46(58)60-4)45(57)55-26(3)13-18-37(55)42-48-23-35(50-42)29-14-16-31-30(20-29)24-62-38-22-32-28(21-33(31)38)15-17-34-41(32)51-43(49-34)36-12-9-19-54(36)44(56)40(53-47(59)61-5)27-10-7-6-8-11-27/h6-8,10-11,14-17,20-23,25-26,36-37,39-40H,9,12-13,18-19,24H2,1-5H3,(H,48,50)(H,49,51)(H,52,58)(H,53,59)/t26-,36-,37-,39?,40+/m0/s1. The van der Waals surface area contributed by atoms with Gasteiger partial charge in [-0.1, -0.05) is 62.4 Å². The number of amides is 4. The lowest BCUT2D eigenvalue weighted by atomic mass is 9.92. The van der Waals surface area contributed by atoms with Crippen molar-refractivity contribution in [2.24, 2.45) is 5.92 Å². The third kappa shape index (κ3) is 7.34. The topological polar surface area (TPSA) is 184 Å². The molecule has 2 saturated heterocycles. The number of fused-ring (bicyclic) bond motifs is 6. The van der Waals surface area contributed by atoms with Gasteiger partial charge >= 0.3 is 12.2 Å². The lowest BCUT2D eigenvalue weighted by Gasteiger charge is -2.32. The van der Waals surface area contributed by atoms with E-state index in [1.54, 1.807) is 4.90 Å². The summed E-state index contributed by atoms with van der Waals surface area (Å²) >= 11 is 0. The Labute approximate surface area is 358 Å². The Morgan fingerprint density at radius 1 is 0.839 bits per heavy atom. The highest BCUT2D eigenvalue weighted by Gasteiger charge is 2.41. The number of methoxy groups -OCH3 is 2. The molecule has 0 saturated carbocycles. The second-order valence-corrected chi connectivity index (χ2v) is 16.7. The fourth-order valence-electron chi connectivity index (χ4n) is 9.36. The lowest BCUT2D eigenvalue weighted by molar-refractivity contribution is -0.137. The molecule has 2 aromatic heterocycles. The minimum absolute atomic E-state index is 0.0185. The predicted octanol–water partition coefficient (Wildman–Crippen LogP) is 7.86. The number of carbonyl (C=O) groups is 4. The van der Waals surface area contributed by atoms with Crippen LogP contribution < -0.4 is 15.4 Å². The molecular weight excluding hydrogens is 789 g/mol. The number of H-pyrrole nitrogens is 2. The average Bonchev–Trinajstić information content (AvgIpc) is 4.12. The van der Waals surface area contributed by atoms with Crippen LogP contribution in [0.25, 0.3) is 44.2 Å². The molecule has 0 spiro atoms. The molecular formula is C47H50N8O7. The highest BCUT2D eigenvalue weighted by atomic mass is 16.5. The summed E-state index contributed by atoms with van der Waals surface area (Å²) in [6.45, 7) is 6.75. The number of likely N-dealkylation sites (tertiary alicyclic amines) is 2. The highest BCUT2D eigenvalue weighted by molar-refractivity contribution is 6.07. The number of alkyl carbamates (subject to hydrolysis) is 2. The molecule has 15 nitrogen and oxygen atoms in total. The molecule has 9 rings (SSSR count). The van der Waals surface area contributed by atoms with Gasteiger partial charge in [0.2, 0.25) is 5.91 Å². The largest absolute Gasteiger partial charge is 0.488 e. The van der Waals surface area contributed by atoms with Gasteiger partial charge in [0.1, 0.15) is 36.1 Å². The van der Waals surface area contributed by atoms with E-state index in [-0.39, 0.29) is 35.9 Å². The van der Waals surface area contributed by atoms with Crippen molar-refractivity contribution >= 4 is 45.8 Å². The van der Waals surface area contributed by atoms with Crippen LogP contribution in [-0.2, 0) is 25.7 Å². The first-order valence-electron chi connectivity index (χ1n) is 21.2. The molecule has 4 amide bonds. The van der Waals surface area contributed by atoms with E-state index in [0.717, 1.165) is 81.2 Å². The molecule has 5 atom stereocenters. The third-order valence-corrected chi connectivity index (χ3v) is 12.6. The molecule has 5 heterocycles. The first kappa shape index (κ1) is 40.5. The number of nitrogens with one attached hydrogen (secondary N) is 4. The van der Waals surface area contributed by atoms with Gasteiger partial charge in [-0.25, -0.2) is 19.6 Å². The maximum absolute atomic E-state index is 14.1. The number of rotatable bonds is 9. The third-order valence-electron chi connectivity index (χ3n) is 12.6. The van der Waals surface area contributed by atoms with E-state index >= 15 is 0 Å². The van der Waals surface area contributed by atoms with Crippen molar-refractivity contribution in [2.45, 2.75) is 83.3 Å². The summed E-state index contributed by atoms with van der Waals surface area (Å²) < 4.78 is 16.1. The molecule has 6 aromatic rings. The first-order valence-corrected chi connectivity index (χ1v) is 21.2. The fraction of sp³-hybridized carbons (Fsp3) is 0.362. The Kier molecular flexibility index (Phi) is 10.8. The van der Waals surface area contributed by atoms with Crippen molar-refractivity contribution in [3.8, 4) is 28.1 Å². The molecule has 62 heavy (non-hydrogen) atoms. The summed E-state index contributed by atoms with van der Waals surface area (Å²) in [7, 11) is 2.57. The molecule has 320 valence electrons. The van der Waals surface area contributed by atoms with E-state index in [9.17, 15) is 19.2 Å². The van der Waals surface area contributed by atoms with Crippen LogP contribution in [-0.4, -0.2) is 86.6 Å². The van der Waals surface area contributed by atoms with Gasteiger partial charge in [-0.05, 0) is 90.4 Å². The molecule has 3 aliphatic heterocycles. The second kappa shape index (κ2) is 16.5. The Bertz CT molecular complexity index is 2690. The number of hydrogen-bond donors (Lipinski definition) is 4. The zero-order valence-corrected chi connectivity index (χ0v) is 35.4. The molecule has 15 heteroatoms. The molecule has 2 fully saturated rings. The minimum Gasteiger partial charge on any atom is -0.488 e. The van der Waals surface area contributed by atoms with Crippen molar-refractivity contribution in [1.82, 2.24) is 40.4 Å². The van der Waals surface area contributed by atoms with E-state index in [0.29, 0.717) is 30.4 Å². The van der Waals surface area contributed by atoms with E-state index in [1.165, 1.54) is 14.2 Å². The van der Waals surface area contributed by atoms with Crippen LogP contribution >= 0.6 is 0 Å². The van der Waals surface area contributed by atoms with E-state index in [2.05, 4.69) is 57.0 Å². The average molecular weight is 839 g/mol.